The molecule has 0 saturated heterocycles. The molecule has 0 aliphatic carbocycles. The summed E-state index contributed by atoms with van der Waals surface area (Å²) >= 11 is 0. The van der Waals surface area contributed by atoms with Gasteiger partial charge in [0.25, 0.3) is 0 Å². The zero-order chi connectivity index (χ0) is 11.4. The topological polar surface area (TPSA) is 26.0 Å². The van der Waals surface area contributed by atoms with Crippen LogP contribution in [0.5, 0.6) is 0 Å². The van der Waals surface area contributed by atoms with Crippen molar-refractivity contribution in [2.75, 3.05) is 0 Å². The predicted octanol–water partition coefficient (Wildman–Crippen LogP) is 4.42. The van der Waals surface area contributed by atoms with E-state index in [0.717, 1.165) is 0 Å². The van der Waals surface area contributed by atoms with Crippen LogP contribution in [-0.2, 0) is 0 Å². The van der Waals surface area contributed by atoms with E-state index in [0.29, 0.717) is 6.04 Å². The van der Waals surface area contributed by atoms with E-state index < -0.39 is 0 Å². The average molecular weight is 211 g/mol. The molecule has 0 saturated carbocycles. The Hall–Kier alpha value is -0.300. The van der Waals surface area contributed by atoms with Crippen molar-refractivity contribution >= 4 is 0 Å². The van der Waals surface area contributed by atoms with Gasteiger partial charge in [-0.05, 0) is 32.6 Å². The third kappa shape index (κ3) is 13.7. The third-order valence-electron chi connectivity index (χ3n) is 2.67. The van der Waals surface area contributed by atoms with Crippen LogP contribution in [0, 0.1) is 0 Å². The van der Waals surface area contributed by atoms with E-state index in [1.54, 1.807) is 0 Å². The van der Waals surface area contributed by atoms with Gasteiger partial charge in [-0.25, -0.2) is 0 Å². The van der Waals surface area contributed by atoms with Gasteiger partial charge < -0.3 is 5.73 Å². The van der Waals surface area contributed by atoms with E-state index in [1.165, 1.54) is 57.8 Å². The minimum Gasteiger partial charge on any atom is -0.328 e. The first kappa shape index (κ1) is 14.7. The molecule has 0 aliphatic heterocycles. The molecule has 0 aromatic rings. The summed E-state index contributed by atoms with van der Waals surface area (Å²) in [6.07, 6.45) is 16.4. The van der Waals surface area contributed by atoms with E-state index in [2.05, 4.69) is 26.0 Å². The third-order valence-corrected chi connectivity index (χ3v) is 2.67. The van der Waals surface area contributed by atoms with Gasteiger partial charge in [0.1, 0.15) is 0 Å². The van der Waals surface area contributed by atoms with E-state index in [4.69, 9.17) is 5.73 Å². The van der Waals surface area contributed by atoms with Crippen molar-refractivity contribution in [3.8, 4) is 0 Å². The lowest BCUT2D eigenvalue weighted by molar-refractivity contribution is 0.568. The van der Waals surface area contributed by atoms with Gasteiger partial charge in [-0.15, -0.1) is 0 Å². The van der Waals surface area contributed by atoms with E-state index in [9.17, 15) is 0 Å². The summed E-state index contributed by atoms with van der Waals surface area (Å²) in [6, 6.07) is 0.388. The van der Waals surface area contributed by atoms with Crippen molar-refractivity contribution in [3.05, 3.63) is 12.2 Å². The maximum atomic E-state index is 5.69. The van der Waals surface area contributed by atoms with Crippen LogP contribution in [0.4, 0.5) is 0 Å². The first-order valence-corrected chi connectivity index (χ1v) is 6.68. The summed E-state index contributed by atoms with van der Waals surface area (Å²) in [5.41, 5.74) is 5.69. The fraction of sp³-hybridized carbons (Fsp3) is 0.857. The highest BCUT2D eigenvalue weighted by molar-refractivity contribution is 4.81. The van der Waals surface area contributed by atoms with Crippen LogP contribution in [0.15, 0.2) is 12.2 Å². The van der Waals surface area contributed by atoms with Gasteiger partial charge in [0.2, 0.25) is 0 Å². The van der Waals surface area contributed by atoms with Crippen molar-refractivity contribution < 1.29 is 0 Å². The van der Waals surface area contributed by atoms with Crippen LogP contribution >= 0.6 is 0 Å². The average Bonchev–Trinajstić information content (AvgIpc) is 2.20. The van der Waals surface area contributed by atoms with E-state index in [1.807, 2.05) is 0 Å². The fourth-order valence-corrected chi connectivity index (χ4v) is 1.64. The Kier molecular flexibility index (Phi) is 11.5. The highest BCUT2D eigenvalue weighted by atomic mass is 14.6. The lowest BCUT2D eigenvalue weighted by Crippen LogP contribution is -2.13. The molecule has 0 spiro atoms. The van der Waals surface area contributed by atoms with Gasteiger partial charge >= 0.3 is 0 Å². The van der Waals surface area contributed by atoms with Crippen LogP contribution in [-0.4, -0.2) is 6.04 Å². The second-order valence-electron chi connectivity index (χ2n) is 4.58. The predicted molar refractivity (Wildman–Crippen MR) is 70.0 cm³/mol. The molecule has 90 valence electrons. The smallest absolute Gasteiger partial charge is 0.00104 e. The van der Waals surface area contributed by atoms with Crippen LogP contribution < -0.4 is 5.73 Å². The molecule has 0 aromatic heterocycles. The summed E-state index contributed by atoms with van der Waals surface area (Å²) in [7, 11) is 0. The SMILES string of the molecule is CCCC/C=C/CCCCCCC(C)N. The van der Waals surface area contributed by atoms with Crippen LogP contribution in [0.25, 0.3) is 0 Å². The number of rotatable bonds is 10. The Morgan fingerprint density at radius 2 is 1.53 bits per heavy atom. The van der Waals surface area contributed by atoms with Crippen molar-refractivity contribution in [1.82, 2.24) is 0 Å². The molecule has 0 amide bonds. The molecule has 0 aliphatic rings. The maximum absolute atomic E-state index is 5.69. The molecule has 2 N–H and O–H groups in total. The Morgan fingerprint density at radius 3 is 2.13 bits per heavy atom. The highest BCUT2D eigenvalue weighted by Crippen LogP contribution is 2.07. The van der Waals surface area contributed by atoms with Crippen LogP contribution in [0.3, 0.4) is 0 Å². The number of unbranched alkanes of at least 4 members (excludes halogenated alkanes) is 6. The minimum atomic E-state index is 0.388. The van der Waals surface area contributed by atoms with Crippen molar-refractivity contribution in [2.24, 2.45) is 5.73 Å². The van der Waals surface area contributed by atoms with Crippen molar-refractivity contribution in [1.29, 1.82) is 0 Å². The van der Waals surface area contributed by atoms with Crippen molar-refractivity contribution in [2.45, 2.75) is 77.7 Å². The standard InChI is InChI=1S/C14H29N/c1-3-4-5-6-7-8-9-10-11-12-13-14(2)15/h6-7,14H,3-5,8-13,15H2,1-2H3/b7-6+. The largest absolute Gasteiger partial charge is 0.328 e. The summed E-state index contributed by atoms with van der Waals surface area (Å²) in [5.74, 6) is 0. The van der Waals surface area contributed by atoms with Crippen molar-refractivity contribution in [3.63, 3.8) is 0 Å². The lowest BCUT2D eigenvalue weighted by atomic mass is 10.1. The maximum Gasteiger partial charge on any atom is 0.00104 e. The van der Waals surface area contributed by atoms with Gasteiger partial charge in [0, 0.05) is 6.04 Å². The monoisotopic (exact) mass is 211 g/mol. The second-order valence-corrected chi connectivity index (χ2v) is 4.58. The number of nitrogens with two attached hydrogens (primary N) is 1. The van der Waals surface area contributed by atoms with Gasteiger partial charge in [0.05, 0.1) is 0 Å². The summed E-state index contributed by atoms with van der Waals surface area (Å²) < 4.78 is 0. The summed E-state index contributed by atoms with van der Waals surface area (Å²) in [4.78, 5) is 0. The lowest BCUT2D eigenvalue weighted by Gasteiger charge is -2.03. The first-order valence-electron chi connectivity index (χ1n) is 6.68. The fourth-order valence-electron chi connectivity index (χ4n) is 1.64. The molecule has 0 aromatic carbocycles. The molecule has 0 rings (SSSR count). The Bertz CT molecular complexity index is 138. The second kappa shape index (κ2) is 11.8. The number of allylic oxidation sites excluding steroid dienone is 2. The van der Waals surface area contributed by atoms with E-state index in [-0.39, 0.29) is 0 Å². The molecule has 1 unspecified atom stereocenters. The molecule has 1 heteroatoms. The molecular weight excluding hydrogens is 182 g/mol. The zero-order valence-corrected chi connectivity index (χ0v) is 10.7. The normalized spacial score (nSPS) is 13.5. The minimum absolute atomic E-state index is 0.388. The molecule has 0 fully saturated rings. The zero-order valence-electron chi connectivity index (χ0n) is 10.7. The molecule has 0 radical (unpaired) electrons. The molecule has 15 heavy (non-hydrogen) atoms. The first-order chi connectivity index (χ1) is 7.27. The molecule has 0 bridgehead atoms. The van der Waals surface area contributed by atoms with Gasteiger partial charge in [-0.2, -0.15) is 0 Å². The molecule has 1 atom stereocenters. The Labute approximate surface area is 96.1 Å². The molecular formula is C14H29N. The molecule has 1 nitrogen and oxygen atoms in total. The van der Waals surface area contributed by atoms with Gasteiger partial charge in [0.15, 0.2) is 0 Å². The number of hydrogen-bond donors (Lipinski definition) is 1. The van der Waals surface area contributed by atoms with Crippen LogP contribution in [0.1, 0.15) is 71.6 Å². The number of hydrogen-bond acceptors (Lipinski definition) is 1. The quantitative estimate of drug-likeness (QED) is 0.420. The highest BCUT2D eigenvalue weighted by Gasteiger charge is 1.93. The molecule has 0 heterocycles. The van der Waals surface area contributed by atoms with E-state index >= 15 is 0 Å². The summed E-state index contributed by atoms with van der Waals surface area (Å²) in [5, 5.41) is 0. The van der Waals surface area contributed by atoms with Gasteiger partial charge in [-0.1, -0.05) is 51.2 Å². The Morgan fingerprint density at radius 1 is 0.933 bits per heavy atom. The Balaban J connectivity index is 3.01. The van der Waals surface area contributed by atoms with Gasteiger partial charge in [-0.3, -0.25) is 0 Å². The summed E-state index contributed by atoms with van der Waals surface area (Å²) in [6.45, 7) is 4.34. The van der Waals surface area contributed by atoms with Crippen LogP contribution in [0.2, 0.25) is 0 Å².